The van der Waals surface area contributed by atoms with Crippen LogP contribution >= 0.6 is 0 Å². The first-order chi connectivity index (χ1) is 9.76. The molecule has 1 aromatic rings. The molecule has 0 radical (unpaired) electrons. The maximum atomic E-state index is 6.10. The van der Waals surface area contributed by atoms with E-state index in [0.29, 0.717) is 6.10 Å². The number of hydrogen-bond donors (Lipinski definition) is 1. The number of nitrogens with one attached hydrogen (secondary N) is 1. The summed E-state index contributed by atoms with van der Waals surface area (Å²) in [6, 6.07) is 5.99. The van der Waals surface area contributed by atoms with Crippen molar-refractivity contribution in [2.24, 2.45) is 0 Å². The molecule has 1 saturated carbocycles. The summed E-state index contributed by atoms with van der Waals surface area (Å²) in [6.45, 7) is 2.00. The van der Waals surface area contributed by atoms with E-state index in [4.69, 9.17) is 14.3 Å². The van der Waals surface area contributed by atoms with Crippen LogP contribution in [0, 0.1) is 0 Å². The molecule has 1 atom stereocenters. The van der Waals surface area contributed by atoms with E-state index in [1.807, 2.05) is 25.1 Å². The number of rotatable bonds is 4. The first-order valence-corrected chi connectivity index (χ1v) is 7.25. The van der Waals surface area contributed by atoms with Crippen molar-refractivity contribution in [1.82, 2.24) is 5.48 Å². The number of hydrogen-bond acceptors (Lipinski definition) is 4. The van der Waals surface area contributed by atoms with E-state index in [-0.39, 0.29) is 6.10 Å². The van der Waals surface area contributed by atoms with Gasteiger partial charge in [-0.15, -0.1) is 0 Å². The van der Waals surface area contributed by atoms with Gasteiger partial charge in [0.1, 0.15) is 6.10 Å². The monoisotopic (exact) mass is 275 g/mol. The maximum absolute atomic E-state index is 6.10. The average molecular weight is 275 g/mol. The standard InChI is InChI=1S/C16H21NO3/c1-11-9-14(17-20-11)12-7-8-15(18-2)16(10-12)19-13-5-3-4-6-13/h7-11,13,17H,3-6H2,1-2H3. The fraction of sp³-hybridized carbons (Fsp3) is 0.500. The molecule has 3 rings (SSSR count). The van der Waals surface area contributed by atoms with E-state index < -0.39 is 0 Å². The van der Waals surface area contributed by atoms with Gasteiger partial charge in [0, 0.05) is 5.56 Å². The summed E-state index contributed by atoms with van der Waals surface area (Å²) < 4.78 is 11.5. The predicted octanol–water partition coefficient (Wildman–Crippen LogP) is 3.28. The summed E-state index contributed by atoms with van der Waals surface area (Å²) in [6.07, 6.45) is 7.24. The highest BCUT2D eigenvalue weighted by molar-refractivity contribution is 5.67. The molecule has 1 heterocycles. The van der Waals surface area contributed by atoms with Crippen LogP contribution in [0.5, 0.6) is 11.5 Å². The van der Waals surface area contributed by atoms with Crippen LogP contribution in [0.25, 0.3) is 5.70 Å². The Morgan fingerprint density at radius 1 is 1.20 bits per heavy atom. The van der Waals surface area contributed by atoms with Crippen LogP contribution < -0.4 is 15.0 Å². The van der Waals surface area contributed by atoms with Crippen molar-refractivity contribution < 1.29 is 14.3 Å². The molecule has 1 N–H and O–H groups in total. The molecular weight excluding hydrogens is 254 g/mol. The zero-order chi connectivity index (χ0) is 13.9. The normalized spacial score (nSPS) is 22.5. The van der Waals surface area contributed by atoms with Gasteiger partial charge < -0.3 is 9.47 Å². The van der Waals surface area contributed by atoms with Crippen molar-refractivity contribution >= 4 is 5.70 Å². The minimum atomic E-state index is 0.0892. The molecule has 1 aliphatic carbocycles. The molecule has 1 unspecified atom stereocenters. The lowest BCUT2D eigenvalue weighted by molar-refractivity contribution is 0.0625. The Hall–Kier alpha value is -1.68. The SMILES string of the molecule is COc1ccc(C2=CC(C)ON2)cc1OC1CCCC1. The predicted molar refractivity (Wildman–Crippen MR) is 77.5 cm³/mol. The van der Waals surface area contributed by atoms with Gasteiger partial charge in [-0.2, -0.15) is 0 Å². The second-order valence-electron chi connectivity index (χ2n) is 5.40. The van der Waals surface area contributed by atoms with E-state index in [1.165, 1.54) is 12.8 Å². The lowest BCUT2D eigenvalue weighted by Crippen LogP contribution is -2.12. The molecule has 4 heteroatoms. The molecular formula is C16H21NO3. The van der Waals surface area contributed by atoms with Crippen molar-refractivity contribution in [3.63, 3.8) is 0 Å². The van der Waals surface area contributed by atoms with Crippen LogP contribution in [0.3, 0.4) is 0 Å². The largest absolute Gasteiger partial charge is 0.493 e. The summed E-state index contributed by atoms with van der Waals surface area (Å²) in [5, 5.41) is 0. The molecule has 20 heavy (non-hydrogen) atoms. The molecule has 1 aliphatic heterocycles. The van der Waals surface area contributed by atoms with Crippen molar-refractivity contribution in [1.29, 1.82) is 0 Å². The van der Waals surface area contributed by atoms with E-state index in [9.17, 15) is 0 Å². The van der Waals surface area contributed by atoms with Gasteiger partial charge in [-0.1, -0.05) is 0 Å². The number of methoxy groups -OCH3 is 1. The quantitative estimate of drug-likeness (QED) is 0.915. The van der Waals surface area contributed by atoms with Crippen molar-refractivity contribution in [3.05, 3.63) is 29.8 Å². The van der Waals surface area contributed by atoms with Crippen LogP contribution in [0.2, 0.25) is 0 Å². The van der Waals surface area contributed by atoms with Gasteiger partial charge >= 0.3 is 0 Å². The molecule has 1 fully saturated rings. The van der Waals surface area contributed by atoms with E-state index >= 15 is 0 Å². The summed E-state index contributed by atoms with van der Waals surface area (Å²) in [7, 11) is 1.68. The van der Waals surface area contributed by atoms with E-state index in [2.05, 4.69) is 11.6 Å². The Kier molecular flexibility index (Phi) is 3.83. The summed E-state index contributed by atoms with van der Waals surface area (Å²) in [5.41, 5.74) is 4.99. The molecule has 0 spiro atoms. The van der Waals surface area contributed by atoms with Crippen LogP contribution in [0.1, 0.15) is 38.2 Å². The molecule has 2 aliphatic rings. The lowest BCUT2D eigenvalue weighted by atomic mass is 10.1. The summed E-state index contributed by atoms with van der Waals surface area (Å²) >= 11 is 0. The Morgan fingerprint density at radius 2 is 2.00 bits per heavy atom. The second kappa shape index (κ2) is 5.75. The molecule has 0 bridgehead atoms. The Morgan fingerprint density at radius 3 is 2.65 bits per heavy atom. The molecule has 1 aromatic carbocycles. The number of hydroxylamine groups is 1. The number of ether oxygens (including phenoxy) is 2. The lowest BCUT2D eigenvalue weighted by Gasteiger charge is -2.17. The van der Waals surface area contributed by atoms with E-state index in [0.717, 1.165) is 35.6 Å². The maximum Gasteiger partial charge on any atom is 0.162 e. The summed E-state index contributed by atoms with van der Waals surface area (Å²) in [4.78, 5) is 5.34. The van der Waals surface area contributed by atoms with Gasteiger partial charge in [-0.05, 0) is 56.9 Å². The van der Waals surface area contributed by atoms with Crippen LogP contribution in [-0.4, -0.2) is 19.3 Å². The first-order valence-electron chi connectivity index (χ1n) is 7.25. The van der Waals surface area contributed by atoms with Crippen molar-refractivity contribution in [2.45, 2.75) is 44.8 Å². The first kappa shape index (κ1) is 13.3. The van der Waals surface area contributed by atoms with Gasteiger partial charge in [-0.3, -0.25) is 10.3 Å². The van der Waals surface area contributed by atoms with Crippen LogP contribution in [0.15, 0.2) is 24.3 Å². The van der Waals surface area contributed by atoms with Crippen LogP contribution in [-0.2, 0) is 4.84 Å². The topological polar surface area (TPSA) is 39.7 Å². The van der Waals surface area contributed by atoms with Gasteiger partial charge in [0.05, 0.1) is 18.9 Å². The number of benzene rings is 1. The zero-order valence-corrected chi connectivity index (χ0v) is 12.0. The third-order valence-electron chi connectivity index (χ3n) is 3.83. The van der Waals surface area contributed by atoms with Crippen molar-refractivity contribution in [3.8, 4) is 11.5 Å². The Labute approximate surface area is 119 Å². The zero-order valence-electron chi connectivity index (χ0n) is 12.0. The highest BCUT2D eigenvalue weighted by Crippen LogP contribution is 2.34. The molecule has 4 nitrogen and oxygen atoms in total. The van der Waals surface area contributed by atoms with Gasteiger partial charge in [0.15, 0.2) is 11.5 Å². The van der Waals surface area contributed by atoms with Crippen LogP contribution in [0.4, 0.5) is 0 Å². The van der Waals surface area contributed by atoms with Gasteiger partial charge in [-0.25, -0.2) is 0 Å². The smallest absolute Gasteiger partial charge is 0.162 e. The van der Waals surface area contributed by atoms with Crippen molar-refractivity contribution in [2.75, 3.05) is 7.11 Å². The fourth-order valence-corrected chi connectivity index (χ4v) is 2.74. The summed E-state index contributed by atoms with van der Waals surface area (Å²) in [5.74, 6) is 1.60. The van der Waals surface area contributed by atoms with Gasteiger partial charge in [0.25, 0.3) is 0 Å². The Bertz CT molecular complexity index is 506. The fourth-order valence-electron chi connectivity index (χ4n) is 2.74. The molecule has 0 saturated heterocycles. The molecule has 108 valence electrons. The third kappa shape index (κ3) is 2.75. The van der Waals surface area contributed by atoms with Gasteiger partial charge in [0.2, 0.25) is 0 Å². The highest BCUT2D eigenvalue weighted by atomic mass is 16.7. The molecule has 0 aromatic heterocycles. The second-order valence-corrected chi connectivity index (χ2v) is 5.40. The minimum absolute atomic E-state index is 0.0892. The van der Waals surface area contributed by atoms with E-state index in [1.54, 1.807) is 7.11 Å². The third-order valence-corrected chi connectivity index (χ3v) is 3.83. The Balaban J connectivity index is 1.84. The molecule has 0 amide bonds. The highest BCUT2D eigenvalue weighted by Gasteiger charge is 2.20. The average Bonchev–Trinajstić information content (AvgIpc) is 3.10. The minimum Gasteiger partial charge on any atom is -0.493 e.